The first-order valence-electron chi connectivity index (χ1n) is 5.41. The van der Waals surface area contributed by atoms with E-state index in [4.69, 9.17) is 0 Å². The van der Waals surface area contributed by atoms with Crippen molar-refractivity contribution in [3.8, 4) is 0 Å². The van der Waals surface area contributed by atoms with Crippen LogP contribution in [0.3, 0.4) is 0 Å². The van der Waals surface area contributed by atoms with E-state index < -0.39 is 0 Å². The van der Waals surface area contributed by atoms with Crippen LogP contribution >= 0.6 is 15.9 Å². The molecule has 0 spiro atoms. The number of aromatic amines is 2. The lowest BCUT2D eigenvalue weighted by molar-refractivity contribution is -0.117. The monoisotopic (exact) mass is 312 g/mol. The van der Waals surface area contributed by atoms with E-state index in [9.17, 15) is 9.59 Å². The van der Waals surface area contributed by atoms with E-state index in [0.29, 0.717) is 21.2 Å². The van der Waals surface area contributed by atoms with Crippen LogP contribution in [0.2, 0.25) is 0 Å². The molecule has 6 nitrogen and oxygen atoms in total. The van der Waals surface area contributed by atoms with Crippen LogP contribution in [0.25, 0.3) is 11.0 Å². The van der Waals surface area contributed by atoms with Crippen LogP contribution in [0, 0.1) is 0 Å². The van der Waals surface area contributed by atoms with Crippen LogP contribution in [0.4, 0.5) is 5.69 Å². The molecule has 7 heteroatoms. The van der Waals surface area contributed by atoms with E-state index in [2.05, 4.69) is 36.5 Å². The molecular formula is C11H13BrN4O2. The lowest BCUT2D eigenvalue weighted by Crippen LogP contribution is -2.35. The number of hydrogen-bond donors (Lipinski definition) is 4. The fourth-order valence-corrected chi connectivity index (χ4v) is 1.97. The zero-order valence-corrected chi connectivity index (χ0v) is 11.5. The third-order valence-electron chi connectivity index (χ3n) is 2.69. The Kier molecular flexibility index (Phi) is 3.53. The van der Waals surface area contributed by atoms with Crippen LogP contribution in [0.1, 0.15) is 6.92 Å². The highest BCUT2D eigenvalue weighted by Crippen LogP contribution is 2.26. The first-order chi connectivity index (χ1) is 8.51. The zero-order valence-electron chi connectivity index (χ0n) is 9.93. The number of fused-ring (bicyclic) bond motifs is 1. The summed E-state index contributed by atoms with van der Waals surface area (Å²) in [5.74, 6) is -0.143. The summed E-state index contributed by atoms with van der Waals surface area (Å²) in [6.45, 7) is 1.76. The van der Waals surface area contributed by atoms with Crippen LogP contribution in [-0.2, 0) is 4.79 Å². The molecule has 1 heterocycles. The van der Waals surface area contributed by atoms with Gasteiger partial charge in [0.05, 0.1) is 22.8 Å². The van der Waals surface area contributed by atoms with Crippen LogP contribution in [0.5, 0.6) is 0 Å². The number of anilines is 1. The molecule has 1 unspecified atom stereocenters. The average Bonchev–Trinajstić information content (AvgIpc) is 2.67. The SMILES string of the molecule is CNC(C)C(=O)Nc1cc2[nH]c(=O)[nH]c2cc1Br. The number of nitrogens with one attached hydrogen (secondary N) is 4. The molecule has 0 saturated carbocycles. The summed E-state index contributed by atoms with van der Waals surface area (Å²) in [4.78, 5) is 28.2. The highest BCUT2D eigenvalue weighted by atomic mass is 79.9. The van der Waals surface area contributed by atoms with E-state index in [1.54, 1.807) is 26.1 Å². The van der Waals surface area contributed by atoms with E-state index >= 15 is 0 Å². The molecule has 0 saturated heterocycles. The number of rotatable bonds is 3. The Morgan fingerprint density at radius 3 is 2.56 bits per heavy atom. The van der Waals surface area contributed by atoms with Gasteiger partial charge in [-0.1, -0.05) is 0 Å². The Morgan fingerprint density at radius 1 is 1.33 bits per heavy atom. The number of benzene rings is 1. The van der Waals surface area contributed by atoms with Crippen LogP contribution in [-0.4, -0.2) is 29.0 Å². The highest BCUT2D eigenvalue weighted by molar-refractivity contribution is 9.10. The minimum Gasteiger partial charge on any atom is -0.324 e. The Morgan fingerprint density at radius 2 is 1.94 bits per heavy atom. The molecule has 0 aliphatic heterocycles. The molecule has 0 aliphatic rings. The normalized spacial score (nSPS) is 12.6. The average molecular weight is 313 g/mol. The second-order valence-electron chi connectivity index (χ2n) is 3.96. The summed E-state index contributed by atoms with van der Waals surface area (Å²) in [7, 11) is 1.71. The molecule has 18 heavy (non-hydrogen) atoms. The number of carbonyl (C=O) groups excluding carboxylic acids is 1. The van der Waals surface area contributed by atoms with Gasteiger partial charge in [0, 0.05) is 4.47 Å². The van der Waals surface area contributed by atoms with Crippen molar-refractivity contribution in [2.24, 2.45) is 0 Å². The number of carbonyl (C=O) groups is 1. The molecule has 1 aromatic carbocycles. The number of likely N-dealkylation sites (N-methyl/N-ethyl adjacent to an activating group) is 1. The van der Waals surface area contributed by atoms with Crippen molar-refractivity contribution >= 4 is 38.6 Å². The van der Waals surface area contributed by atoms with Crippen LogP contribution in [0.15, 0.2) is 21.4 Å². The van der Waals surface area contributed by atoms with E-state index in [-0.39, 0.29) is 17.6 Å². The third-order valence-corrected chi connectivity index (χ3v) is 3.34. The number of amides is 1. The van der Waals surface area contributed by atoms with Crippen molar-refractivity contribution in [3.63, 3.8) is 0 Å². The van der Waals surface area contributed by atoms with Crippen molar-refractivity contribution in [2.75, 3.05) is 12.4 Å². The van der Waals surface area contributed by atoms with Gasteiger partial charge in [-0.15, -0.1) is 0 Å². The van der Waals surface area contributed by atoms with Gasteiger partial charge in [-0.2, -0.15) is 0 Å². The number of hydrogen-bond acceptors (Lipinski definition) is 3. The zero-order chi connectivity index (χ0) is 13.3. The van der Waals surface area contributed by atoms with Crippen molar-refractivity contribution < 1.29 is 4.79 Å². The third kappa shape index (κ3) is 2.46. The molecule has 0 bridgehead atoms. The molecule has 0 aliphatic carbocycles. The summed E-state index contributed by atoms with van der Waals surface area (Å²) in [6.07, 6.45) is 0. The van der Waals surface area contributed by atoms with Gasteiger partial charge in [0.1, 0.15) is 0 Å². The minimum absolute atomic E-state index is 0.143. The quantitative estimate of drug-likeness (QED) is 0.685. The molecule has 0 radical (unpaired) electrons. The lowest BCUT2D eigenvalue weighted by atomic mass is 10.2. The maximum absolute atomic E-state index is 11.8. The Balaban J connectivity index is 2.36. The fourth-order valence-electron chi connectivity index (χ4n) is 1.52. The maximum atomic E-state index is 11.8. The molecule has 1 aromatic heterocycles. The maximum Gasteiger partial charge on any atom is 0.323 e. The van der Waals surface area contributed by atoms with Gasteiger partial charge in [0.2, 0.25) is 5.91 Å². The molecule has 2 aromatic rings. The van der Waals surface area contributed by atoms with Gasteiger partial charge >= 0.3 is 5.69 Å². The summed E-state index contributed by atoms with van der Waals surface area (Å²) < 4.78 is 0.710. The van der Waals surface area contributed by atoms with E-state index in [1.807, 2.05) is 0 Å². The molecule has 1 amide bonds. The molecule has 0 fully saturated rings. The second kappa shape index (κ2) is 4.95. The van der Waals surface area contributed by atoms with Crippen molar-refractivity contribution in [2.45, 2.75) is 13.0 Å². The van der Waals surface area contributed by atoms with Gasteiger partial charge in [-0.3, -0.25) is 4.79 Å². The summed E-state index contributed by atoms with van der Waals surface area (Å²) in [6, 6.07) is 3.16. The summed E-state index contributed by atoms with van der Waals surface area (Å²) in [5.41, 5.74) is 1.68. The van der Waals surface area contributed by atoms with Gasteiger partial charge in [0.15, 0.2) is 0 Å². The smallest absolute Gasteiger partial charge is 0.323 e. The van der Waals surface area contributed by atoms with Gasteiger partial charge < -0.3 is 20.6 Å². The standard InChI is InChI=1S/C11H13BrN4O2/c1-5(13-2)10(17)14-7-4-9-8(3-6(7)12)15-11(18)16-9/h3-5,13H,1-2H3,(H,14,17)(H2,15,16,18). The predicted molar refractivity (Wildman–Crippen MR) is 73.8 cm³/mol. The molecule has 2 rings (SSSR count). The van der Waals surface area contributed by atoms with Crippen molar-refractivity contribution in [3.05, 3.63) is 27.1 Å². The number of imidazole rings is 1. The lowest BCUT2D eigenvalue weighted by Gasteiger charge is -2.12. The summed E-state index contributed by atoms with van der Waals surface area (Å²) >= 11 is 3.36. The van der Waals surface area contributed by atoms with Crippen molar-refractivity contribution in [1.29, 1.82) is 0 Å². The highest BCUT2D eigenvalue weighted by Gasteiger charge is 2.13. The molecular weight excluding hydrogens is 300 g/mol. The van der Waals surface area contributed by atoms with Gasteiger partial charge in [-0.25, -0.2) is 4.79 Å². The molecule has 96 valence electrons. The van der Waals surface area contributed by atoms with Gasteiger partial charge in [0.25, 0.3) is 0 Å². The molecule has 1 atom stereocenters. The topological polar surface area (TPSA) is 89.8 Å². The minimum atomic E-state index is -0.294. The molecule has 4 N–H and O–H groups in total. The fraction of sp³-hybridized carbons (Fsp3) is 0.273. The Bertz CT molecular complexity index is 646. The Hall–Kier alpha value is -1.60. The number of aromatic nitrogens is 2. The largest absolute Gasteiger partial charge is 0.324 e. The number of H-pyrrole nitrogens is 2. The Labute approximate surface area is 111 Å². The van der Waals surface area contributed by atoms with Crippen molar-refractivity contribution in [1.82, 2.24) is 15.3 Å². The second-order valence-corrected chi connectivity index (χ2v) is 4.81. The van der Waals surface area contributed by atoms with E-state index in [0.717, 1.165) is 0 Å². The van der Waals surface area contributed by atoms with Crippen LogP contribution < -0.4 is 16.3 Å². The van der Waals surface area contributed by atoms with E-state index in [1.165, 1.54) is 0 Å². The number of halogens is 1. The summed E-state index contributed by atoms with van der Waals surface area (Å²) in [5, 5.41) is 5.63. The first-order valence-corrected chi connectivity index (χ1v) is 6.20. The first kappa shape index (κ1) is 12.8. The predicted octanol–water partition coefficient (Wildman–Crippen LogP) is 1.17. The van der Waals surface area contributed by atoms with Gasteiger partial charge in [-0.05, 0) is 42.0 Å².